The molecule has 1 rings (SSSR count). The summed E-state index contributed by atoms with van der Waals surface area (Å²) in [5.41, 5.74) is 0.620. The van der Waals surface area contributed by atoms with Gasteiger partial charge in [-0.1, -0.05) is 33.1 Å². The van der Waals surface area contributed by atoms with Gasteiger partial charge in [0, 0.05) is 16.7 Å². The van der Waals surface area contributed by atoms with Gasteiger partial charge in [-0.3, -0.25) is 4.79 Å². The Labute approximate surface area is 112 Å². The molecule has 0 aliphatic heterocycles. The third-order valence-electron chi connectivity index (χ3n) is 2.77. The maximum absolute atomic E-state index is 11.9. The summed E-state index contributed by atoms with van der Waals surface area (Å²) in [6.45, 7) is 4.32. The van der Waals surface area contributed by atoms with Crippen molar-refractivity contribution in [2.75, 3.05) is 0 Å². The first-order valence-electron chi connectivity index (χ1n) is 6.32. The Hall–Kier alpha value is -0.770. The number of hydrogen-bond donors (Lipinski definition) is 2. The van der Waals surface area contributed by atoms with Gasteiger partial charge in [-0.2, -0.15) is 0 Å². The number of H-pyrrole nitrogens is 1. The topological polar surface area (TPSA) is 44.9 Å². The smallest absolute Gasteiger partial charge is 0.267 e. The third kappa shape index (κ3) is 4.94. The largest absolute Gasteiger partial charge is 0.356 e. The lowest BCUT2D eigenvalue weighted by Gasteiger charge is -2.17. The van der Waals surface area contributed by atoms with Gasteiger partial charge in [0.1, 0.15) is 5.69 Å². The molecule has 1 amide bonds. The van der Waals surface area contributed by atoms with E-state index in [1.165, 1.54) is 12.8 Å². The van der Waals surface area contributed by atoms with Crippen molar-refractivity contribution >= 4 is 21.8 Å². The van der Waals surface area contributed by atoms with E-state index in [1.807, 2.05) is 0 Å². The van der Waals surface area contributed by atoms with Gasteiger partial charge in [0.25, 0.3) is 5.91 Å². The Morgan fingerprint density at radius 3 is 2.71 bits per heavy atom. The number of halogens is 1. The molecule has 17 heavy (non-hydrogen) atoms. The molecule has 0 bridgehead atoms. The van der Waals surface area contributed by atoms with Crippen molar-refractivity contribution < 1.29 is 4.79 Å². The van der Waals surface area contributed by atoms with Crippen molar-refractivity contribution in [3.63, 3.8) is 0 Å². The lowest BCUT2D eigenvalue weighted by Crippen LogP contribution is -2.34. The van der Waals surface area contributed by atoms with Crippen LogP contribution in [0, 0.1) is 0 Å². The number of unbranched alkanes of at least 4 members (excludes halogenated alkanes) is 1. The van der Waals surface area contributed by atoms with E-state index < -0.39 is 0 Å². The number of aromatic nitrogens is 1. The number of rotatable bonds is 7. The fourth-order valence-electron chi connectivity index (χ4n) is 1.85. The molecular weight excluding hydrogens is 280 g/mol. The second-order valence-electron chi connectivity index (χ2n) is 4.33. The summed E-state index contributed by atoms with van der Waals surface area (Å²) in [5, 5.41) is 3.09. The van der Waals surface area contributed by atoms with Crippen LogP contribution in [0.1, 0.15) is 56.4 Å². The van der Waals surface area contributed by atoms with E-state index in [0.717, 1.165) is 23.7 Å². The summed E-state index contributed by atoms with van der Waals surface area (Å²) in [5.74, 6) is -0.00902. The fourth-order valence-corrected chi connectivity index (χ4v) is 2.19. The van der Waals surface area contributed by atoms with Crippen molar-refractivity contribution in [2.45, 2.75) is 52.0 Å². The van der Waals surface area contributed by atoms with Crippen molar-refractivity contribution in [1.82, 2.24) is 10.3 Å². The summed E-state index contributed by atoms with van der Waals surface area (Å²) in [4.78, 5) is 14.9. The van der Waals surface area contributed by atoms with Crippen LogP contribution in [-0.2, 0) is 0 Å². The summed E-state index contributed by atoms with van der Waals surface area (Å²) in [6.07, 6.45) is 7.33. The highest BCUT2D eigenvalue weighted by molar-refractivity contribution is 9.10. The highest BCUT2D eigenvalue weighted by Gasteiger charge is 2.13. The summed E-state index contributed by atoms with van der Waals surface area (Å²) in [7, 11) is 0. The molecule has 0 radical (unpaired) electrons. The average molecular weight is 301 g/mol. The predicted molar refractivity (Wildman–Crippen MR) is 74.2 cm³/mol. The van der Waals surface area contributed by atoms with Crippen molar-refractivity contribution in [3.8, 4) is 0 Å². The maximum atomic E-state index is 11.9. The lowest BCUT2D eigenvalue weighted by atomic mass is 10.1. The van der Waals surface area contributed by atoms with Gasteiger partial charge >= 0.3 is 0 Å². The van der Waals surface area contributed by atoms with E-state index in [0.29, 0.717) is 11.7 Å². The number of nitrogens with one attached hydrogen (secondary N) is 2. The summed E-state index contributed by atoms with van der Waals surface area (Å²) in [6, 6.07) is 2.10. The molecule has 2 N–H and O–H groups in total. The van der Waals surface area contributed by atoms with Crippen LogP contribution in [0.15, 0.2) is 16.7 Å². The molecule has 4 heteroatoms. The average Bonchev–Trinajstić information content (AvgIpc) is 2.73. The fraction of sp³-hybridized carbons (Fsp3) is 0.615. The number of carbonyl (C=O) groups is 1. The van der Waals surface area contributed by atoms with Crippen molar-refractivity contribution in [3.05, 3.63) is 22.4 Å². The Morgan fingerprint density at radius 2 is 2.18 bits per heavy atom. The van der Waals surface area contributed by atoms with Crippen LogP contribution >= 0.6 is 15.9 Å². The minimum atomic E-state index is -0.00902. The predicted octanol–water partition coefficient (Wildman–Crippen LogP) is 3.87. The maximum Gasteiger partial charge on any atom is 0.267 e. The van der Waals surface area contributed by atoms with Crippen LogP contribution in [0.2, 0.25) is 0 Å². The Morgan fingerprint density at radius 1 is 1.41 bits per heavy atom. The minimum absolute atomic E-state index is 0.00902. The van der Waals surface area contributed by atoms with Crippen molar-refractivity contribution in [1.29, 1.82) is 0 Å². The molecule has 0 saturated heterocycles. The van der Waals surface area contributed by atoms with E-state index in [9.17, 15) is 4.79 Å². The van der Waals surface area contributed by atoms with Gasteiger partial charge in [0.2, 0.25) is 0 Å². The number of amides is 1. The number of carbonyl (C=O) groups excluding carboxylic acids is 1. The molecule has 1 aromatic heterocycles. The molecule has 1 aromatic rings. The molecule has 3 nitrogen and oxygen atoms in total. The zero-order chi connectivity index (χ0) is 12.7. The highest BCUT2D eigenvalue weighted by atomic mass is 79.9. The van der Waals surface area contributed by atoms with Gasteiger partial charge < -0.3 is 10.3 Å². The molecule has 0 aromatic carbocycles. The molecule has 1 heterocycles. The second-order valence-corrected chi connectivity index (χ2v) is 5.25. The number of aromatic amines is 1. The van der Waals surface area contributed by atoms with E-state index >= 15 is 0 Å². The zero-order valence-electron chi connectivity index (χ0n) is 10.6. The molecule has 1 atom stereocenters. The standard InChI is InChI=1S/C13H21BrN2O/c1-3-5-7-11(6-4-2)16-13(17)12-8-10(14)9-15-12/h8-9,11,15H,3-7H2,1-2H3,(H,16,17). The van der Waals surface area contributed by atoms with Gasteiger partial charge in [-0.05, 0) is 34.8 Å². The SMILES string of the molecule is CCCCC(CCC)NC(=O)c1cc(Br)c[nH]1. The lowest BCUT2D eigenvalue weighted by molar-refractivity contribution is 0.0927. The van der Waals surface area contributed by atoms with Gasteiger partial charge in [0.05, 0.1) is 0 Å². The van der Waals surface area contributed by atoms with Crippen LogP contribution in [0.25, 0.3) is 0 Å². The van der Waals surface area contributed by atoms with Gasteiger partial charge in [-0.15, -0.1) is 0 Å². The molecule has 0 aliphatic carbocycles. The molecule has 0 fully saturated rings. The number of hydrogen-bond acceptors (Lipinski definition) is 1. The first-order valence-corrected chi connectivity index (χ1v) is 7.11. The highest BCUT2D eigenvalue weighted by Crippen LogP contribution is 2.12. The minimum Gasteiger partial charge on any atom is -0.356 e. The Balaban J connectivity index is 2.51. The quantitative estimate of drug-likeness (QED) is 0.789. The normalized spacial score (nSPS) is 12.4. The molecule has 0 spiro atoms. The molecule has 0 aliphatic rings. The van der Waals surface area contributed by atoms with E-state index in [-0.39, 0.29) is 5.91 Å². The van der Waals surface area contributed by atoms with Crippen LogP contribution in [0.5, 0.6) is 0 Å². The van der Waals surface area contributed by atoms with Crippen LogP contribution < -0.4 is 5.32 Å². The van der Waals surface area contributed by atoms with E-state index in [2.05, 4.69) is 40.1 Å². The molecular formula is C13H21BrN2O. The first kappa shape index (κ1) is 14.3. The zero-order valence-corrected chi connectivity index (χ0v) is 12.1. The molecule has 96 valence electrons. The summed E-state index contributed by atoms with van der Waals surface area (Å²) < 4.78 is 0.906. The molecule has 0 saturated carbocycles. The Bertz CT molecular complexity index is 349. The van der Waals surface area contributed by atoms with Crippen LogP contribution in [0.3, 0.4) is 0 Å². The van der Waals surface area contributed by atoms with Crippen molar-refractivity contribution in [2.24, 2.45) is 0 Å². The third-order valence-corrected chi connectivity index (χ3v) is 3.23. The van der Waals surface area contributed by atoms with Gasteiger partial charge in [-0.25, -0.2) is 0 Å². The van der Waals surface area contributed by atoms with Gasteiger partial charge in [0.15, 0.2) is 0 Å². The summed E-state index contributed by atoms with van der Waals surface area (Å²) >= 11 is 3.33. The van der Waals surface area contributed by atoms with E-state index in [4.69, 9.17) is 0 Å². The second kappa shape index (κ2) is 7.54. The van der Waals surface area contributed by atoms with Crippen LogP contribution in [0.4, 0.5) is 0 Å². The van der Waals surface area contributed by atoms with Crippen LogP contribution in [-0.4, -0.2) is 16.9 Å². The van der Waals surface area contributed by atoms with E-state index in [1.54, 1.807) is 12.3 Å². The molecule has 1 unspecified atom stereocenters. The monoisotopic (exact) mass is 300 g/mol. The Kier molecular flexibility index (Phi) is 6.34. The first-order chi connectivity index (χ1) is 8.17.